The van der Waals surface area contributed by atoms with Crippen LogP contribution < -0.4 is 0 Å². The summed E-state index contributed by atoms with van der Waals surface area (Å²) in [7, 11) is -3.72. The van der Waals surface area contributed by atoms with Crippen LogP contribution in [0.3, 0.4) is 0 Å². The number of pyridine rings is 2. The zero-order chi connectivity index (χ0) is 27.8. The highest BCUT2D eigenvalue weighted by Crippen LogP contribution is 2.32. The second-order valence-corrected chi connectivity index (χ2v) is 11.5. The van der Waals surface area contributed by atoms with Gasteiger partial charge in [0.25, 0.3) is 0 Å². The molecule has 1 aliphatic rings. The van der Waals surface area contributed by atoms with E-state index >= 15 is 0 Å². The van der Waals surface area contributed by atoms with Crippen LogP contribution in [0.15, 0.2) is 83.8 Å². The number of hydrogen-bond donors (Lipinski definition) is 1. The van der Waals surface area contributed by atoms with Crippen molar-refractivity contribution >= 4 is 10.0 Å². The Balaban J connectivity index is 1.46. The molecule has 5 rings (SSSR count). The first-order chi connectivity index (χ1) is 18.5. The average molecular weight is 554 g/mol. The molecule has 1 fully saturated rings. The highest BCUT2D eigenvalue weighted by atomic mass is 32.2. The molecular weight excluding hydrogens is 527 g/mol. The molecule has 3 heterocycles. The molecule has 39 heavy (non-hydrogen) atoms. The molecule has 0 bridgehead atoms. The first-order valence-corrected chi connectivity index (χ1v) is 13.9. The smallest absolute Gasteiger partial charge is 0.393 e. The quantitative estimate of drug-likeness (QED) is 0.330. The summed E-state index contributed by atoms with van der Waals surface area (Å²) in [5.41, 5.74) is 3.55. The summed E-state index contributed by atoms with van der Waals surface area (Å²) >= 11 is 0. The van der Waals surface area contributed by atoms with Gasteiger partial charge in [-0.3, -0.25) is 4.98 Å². The normalized spacial score (nSPS) is 15.4. The molecule has 6 nitrogen and oxygen atoms in total. The van der Waals surface area contributed by atoms with Gasteiger partial charge >= 0.3 is 6.18 Å². The zero-order valence-corrected chi connectivity index (χ0v) is 21.9. The van der Waals surface area contributed by atoms with Crippen molar-refractivity contribution in [3.8, 4) is 33.8 Å². The van der Waals surface area contributed by atoms with Gasteiger partial charge in [0, 0.05) is 24.3 Å². The third kappa shape index (κ3) is 5.88. The van der Waals surface area contributed by atoms with Gasteiger partial charge in [-0.2, -0.15) is 17.5 Å². The van der Waals surface area contributed by atoms with Gasteiger partial charge in [0.1, 0.15) is 0 Å². The van der Waals surface area contributed by atoms with Crippen molar-refractivity contribution in [1.29, 1.82) is 0 Å². The molecule has 1 aliphatic heterocycles. The Morgan fingerprint density at radius 2 is 1.46 bits per heavy atom. The van der Waals surface area contributed by atoms with Crippen molar-refractivity contribution in [2.45, 2.75) is 36.9 Å². The maximum atomic E-state index is 13.2. The van der Waals surface area contributed by atoms with E-state index in [1.165, 1.54) is 16.4 Å². The van der Waals surface area contributed by atoms with Gasteiger partial charge in [-0.1, -0.05) is 30.3 Å². The Morgan fingerprint density at radius 3 is 2.15 bits per heavy atom. The van der Waals surface area contributed by atoms with E-state index in [0.29, 0.717) is 52.3 Å². The summed E-state index contributed by atoms with van der Waals surface area (Å²) < 4.78 is 66.8. The van der Waals surface area contributed by atoms with E-state index in [1.807, 2.05) is 0 Å². The van der Waals surface area contributed by atoms with E-state index in [9.17, 15) is 26.7 Å². The first kappa shape index (κ1) is 27.0. The largest absolute Gasteiger partial charge is 0.416 e. The van der Waals surface area contributed by atoms with Gasteiger partial charge < -0.3 is 5.11 Å². The van der Waals surface area contributed by atoms with Gasteiger partial charge in [0.05, 0.1) is 33.6 Å². The van der Waals surface area contributed by atoms with Crippen LogP contribution in [0.25, 0.3) is 33.8 Å². The minimum absolute atomic E-state index is 0.155. The van der Waals surface area contributed by atoms with E-state index in [-0.39, 0.29) is 18.0 Å². The lowest BCUT2D eigenvalue weighted by atomic mass is 10.0. The number of alkyl halides is 3. The van der Waals surface area contributed by atoms with Crippen LogP contribution in [0, 0.1) is 6.92 Å². The predicted octanol–water partition coefficient (Wildman–Crippen LogP) is 5.95. The average Bonchev–Trinajstić information content (AvgIpc) is 2.93. The van der Waals surface area contributed by atoms with Crippen LogP contribution in [0.1, 0.15) is 24.1 Å². The molecule has 0 amide bonds. The third-order valence-corrected chi connectivity index (χ3v) is 8.60. The summed E-state index contributed by atoms with van der Waals surface area (Å²) in [6.07, 6.45) is -4.08. The van der Waals surface area contributed by atoms with Crippen molar-refractivity contribution < 1.29 is 26.7 Å². The molecule has 0 saturated carbocycles. The summed E-state index contributed by atoms with van der Waals surface area (Å²) in [4.78, 5) is 9.46. The Kier molecular flexibility index (Phi) is 7.28. The second-order valence-electron chi connectivity index (χ2n) is 9.53. The number of sulfonamides is 1. The fourth-order valence-electron chi connectivity index (χ4n) is 4.60. The van der Waals surface area contributed by atoms with Crippen molar-refractivity contribution in [1.82, 2.24) is 14.3 Å². The molecule has 0 radical (unpaired) electrons. The first-order valence-electron chi connectivity index (χ1n) is 12.4. The number of benzene rings is 2. The van der Waals surface area contributed by atoms with Gasteiger partial charge in [-0.25, -0.2) is 13.4 Å². The van der Waals surface area contributed by atoms with Crippen LogP contribution in [0.2, 0.25) is 0 Å². The summed E-state index contributed by atoms with van der Waals surface area (Å²) in [6.45, 7) is 2.33. The van der Waals surface area contributed by atoms with Gasteiger partial charge in [0.2, 0.25) is 10.0 Å². The number of aliphatic hydroxyl groups is 1. The molecule has 4 aromatic rings. The van der Waals surface area contributed by atoms with Crippen molar-refractivity contribution in [3.05, 3.63) is 90.1 Å². The molecule has 1 saturated heterocycles. The number of hydrogen-bond acceptors (Lipinski definition) is 5. The molecule has 2 aromatic carbocycles. The monoisotopic (exact) mass is 553 g/mol. The molecule has 0 unspecified atom stereocenters. The molecular formula is C29H26F3N3O3S. The molecule has 2 aromatic heterocycles. The molecule has 0 atom stereocenters. The van der Waals surface area contributed by atoms with E-state index in [2.05, 4.69) is 4.98 Å². The van der Waals surface area contributed by atoms with Gasteiger partial charge in [-0.05, 0) is 79.4 Å². The fourth-order valence-corrected chi connectivity index (χ4v) is 6.12. The summed E-state index contributed by atoms with van der Waals surface area (Å²) in [5.74, 6) is 0. The van der Waals surface area contributed by atoms with Gasteiger partial charge in [0.15, 0.2) is 0 Å². The fraction of sp³-hybridized carbons (Fsp3) is 0.241. The van der Waals surface area contributed by atoms with Crippen LogP contribution in [-0.4, -0.2) is 47.0 Å². The minimum atomic E-state index is -4.41. The maximum absolute atomic E-state index is 13.2. The number of aromatic nitrogens is 2. The second kappa shape index (κ2) is 10.5. The minimum Gasteiger partial charge on any atom is -0.393 e. The standard InChI is InChI=1S/C29H26F3N3O3S/c1-19-16-22(20-8-10-23(11-9-20)29(30,31)32)18-28(33-19)27-7-3-6-26(34-27)21-4-2-5-25(17-21)39(37,38)35-14-12-24(36)13-15-35/h2-11,16-18,24,36H,12-15H2,1H3. The molecule has 202 valence electrons. The number of nitrogens with zero attached hydrogens (tertiary/aromatic N) is 3. The van der Waals surface area contributed by atoms with Crippen LogP contribution in [-0.2, 0) is 16.2 Å². The van der Waals surface area contributed by atoms with E-state index in [1.54, 1.807) is 61.5 Å². The van der Waals surface area contributed by atoms with E-state index < -0.39 is 27.9 Å². The highest BCUT2D eigenvalue weighted by molar-refractivity contribution is 7.89. The number of rotatable bonds is 5. The predicted molar refractivity (Wildman–Crippen MR) is 142 cm³/mol. The van der Waals surface area contributed by atoms with Crippen LogP contribution in [0.5, 0.6) is 0 Å². The lowest BCUT2D eigenvalue weighted by Crippen LogP contribution is -2.39. The Bertz CT molecular complexity index is 1600. The third-order valence-electron chi connectivity index (χ3n) is 6.70. The SMILES string of the molecule is Cc1cc(-c2ccc(C(F)(F)F)cc2)cc(-c2cccc(-c3cccc(S(=O)(=O)N4CCC(O)CC4)c3)n2)n1. The lowest BCUT2D eigenvalue weighted by molar-refractivity contribution is -0.137. The number of aryl methyl sites for hydroxylation is 1. The Morgan fingerprint density at radius 1 is 0.795 bits per heavy atom. The topological polar surface area (TPSA) is 83.4 Å². The number of halogens is 3. The highest BCUT2D eigenvalue weighted by Gasteiger charge is 2.30. The number of piperidine rings is 1. The Labute approximate surface area is 224 Å². The molecule has 10 heteroatoms. The maximum Gasteiger partial charge on any atom is 0.416 e. The Hall–Kier alpha value is -3.60. The lowest BCUT2D eigenvalue weighted by Gasteiger charge is -2.28. The van der Waals surface area contributed by atoms with Crippen LogP contribution >= 0.6 is 0 Å². The van der Waals surface area contributed by atoms with Crippen molar-refractivity contribution in [2.24, 2.45) is 0 Å². The van der Waals surface area contributed by atoms with Crippen molar-refractivity contribution in [3.63, 3.8) is 0 Å². The zero-order valence-electron chi connectivity index (χ0n) is 21.1. The number of aliphatic hydroxyl groups excluding tert-OH is 1. The van der Waals surface area contributed by atoms with Crippen LogP contribution in [0.4, 0.5) is 13.2 Å². The summed E-state index contributed by atoms with van der Waals surface area (Å²) in [5, 5.41) is 9.74. The van der Waals surface area contributed by atoms with Gasteiger partial charge in [-0.15, -0.1) is 0 Å². The molecule has 0 spiro atoms. The molecule has 1 N–H and O–H groups in total. The van der Waals surface area contributed by atoms with Crippen molar-refractivity contribution in [2.75, 3.05) is 13.1 Å². The van der Waals surface area contributed by atoms with E-state index in [0.717, 1.165) is 12.1 Å². The molecule has 0 aliphatic carbocycles. The summed E-state index contributed by atoms with van der Waals surface area (Å²) in [6, 6.07) is 20.5. The van der Waals surface area contributed by atoms with E-state index in [4.69, 9.17) is 4.98 Å².